The van der Waals surface area contributed by atoms with Crippen molar-refractivity contribution in [3.63, 3.8) is 0 Å². The maximum absolute atomic E-state index is 11.7. The van der Waals surface area contributed by atoms with Gasteiger partial charge in [-0.15, -0.1) is 0 Å². The van der Waals surface area contributed by atoms with E-state index in [2.05, 4.69) is 4.98 Å². The van der Waals surface area contributed by atoms with Crippen molar-refractivity contribution in [3.8, 4) is 6.07 Å². The predicted octanol–water partition coefficient (Wildman–Crippen LogP) is 2.17. The van der Waals surface area contributed by atoms with E-state index in [1.807, 2.05) is 24.0 Å². The molecule has 0 bridgehead atoms. The number of aliphatic carboxylic acids is 1. The Kier molecular flexibility index (Phi) is 4.35. The number of likely N-dealkylation sites (tertiary alicyclic amines) is 1. The smallest absolute Gasteiger partial charge is 0.324 e. The van der Waals surface area contributed by atoms with Crippen LogP contribution >= 0.6 is 0 Å². The van der Waals surface area contributed by atoms with Gasteiger partial charge >= 0.3 is 5.97 Å². The van der Waals surface area contributed by atoms with Gasteiger partial charge in [0.05, 0.1) is 0 Å². The summed E-state index contributed by atoms with van der Waals surface area (Å²) in [7, 11) is 0. The van der Waals surface area contributed by atoms with E-state index in [9.17, 15) is 9.90 Å². The molecule has 0 spiro atoms. The molecule has 0 amide bonds. The first kappa shape index (κ1) is 14.5. The maximum atomic E-state index is 11.7. The van der Waals surface area contributed by atoms with E-state index in [4.69, 9.17) is 5.26 Å². The molecule has 5 nitrogen and oxygen atoms in total. The van der Waals surface area contributed by atoms with E-state index in [1.165, 1.54) is 0 Å². The average Bonchev–Trinajstić information content (AvgIpc) is 2.84. The molecule has 106 valence electrons. The molecule has 0 aromatic carbocycles. The number of carbonyl (C=O) groups is 1. The fraction of sp³-hybridized carbons (Fsp3) is 0.533. The van der Waals surface area contributed by atoms with Crippen LogP contribution in [0.2, 0.25) is 0 Å². The minimum absolute atomic E-state index is 0.373. The van der Waals surface area contributed by atoms with E-state index >= 15 is 0 Å². The second-order valence-corrected chi connectivity index (χ2v) is 5.27. The largest absolute Gasteiger partial charge is 0.480 e. The molecule has 2 heterocycles. The number of carboxylic acids is 1. The molecule has 0 saturated carbocycles. The molecule has 1 atom stereocenters. The number of nitrogens with zero attached hydrogens (tertiary/aromatic N) is 3. The van der Waals surface area contributed by atoms with Crippen molar-refractivity contribution in [2.75, 3.05) is 6.54 Å². The van der Waals surface area contributed by atoms with Gasteiger partial charge in [0, 0.05) is 12.7 Å². The zero-order valence-corrected chi connectivity index (χ0v) is 11.7. The Morgan fingerprint density at radius 2 is 2.45 bits per heavy atom. The lowest BCUT2D eigenvalue weighted by atomic mass is 9.90. The Labute approximate surface area is 118 Å². The van der Waals surface area contributed by atoms with Crippen LogP contribution in [0, 0.1) is 11.3 Å². The van der Waals surface area contributed by atoms with E-state index in [1.54, 1.807) is 12.3 Å². The molecule has 1 aliphatic rings. The summed E-state index contributed by atoms with van der Waals surface area (Å²) in [5, 5.41) is 18.5. The summed E-state index contributed by atoms with van der Waals surface area (Å²) in [6.45, 7) is 3.36. The molecule has 1 aromatic rings. The molecular weight excluding hydrogens is 254 g/mol. The van der Waals surface area contributed by atoms with Crippen molar-refractivity contribution >= 4 is 5.97 Å². The van der Waals surface area contributed by atoms with E-state index < -0.39 is 11.5 Å². The predicted molar refractivity (Wildman–Crippen MR) is 73.9 cm³/mol. The topological polar surface area (TPSA) is 77.2 Å². The van der Waals surface area contributed by atoms with Crippen molar-refractivity contribution in [1.82, 2.24) is 9.88 Å². The van der Waals surface area contributed by atoms with Crippen LogP contribution in [0.25, 0.3) is 0 Å². The van der Waals surface area contributed by atoms with Gasteiger partial charge in [0.2, 0.25) is 0 Å². The quantitative estimate of drug-likeness (QED) is 0.889. The number of hydrogen-bond donors (Lipinski definition) is 1. The van der Waals surface area contributed by atoms with Gasteiger partial charge in [-0.2, -0.15) is 5.26 Å². The Hall–Kier alpha value is -1.93. The third-order valence-electron chi connectivity index (χ3n) is 4.00. The minimum Gasteiger partial charge on any atom is -0.480 e. The van der Waals surface area contributed by atoms with Crippen LogP contribution in [0.15, 0.2) is 18.3 Å². The van der Waals surface area contributed by atoms with Crippen LogP contribution in [-0.4, -0.2) is 33.0 Å². The van der Waals surface area contributed by atoms with Crippen LogP contribution in [-0.2, 0) is 11.3 Å². The van der Waals surface area contributed by atoms with Gasteiger partial charge in [0.25, 0.3) is 0 Å². The highest BCUT2D eigenvalue weighted by atomic mass is 16.4. The molecule has 0 radical (unpaired) electrons. The molecular formula is C15H19N3O2. The molecule has 1 aliphatic heterocycles. The molecule has 1 N–H and O–H groups in total. The molecule has 1 saturated heterocycles. The Morgan fingerprint density at radius 3 is 3.10 bits per heavy atom. The van der Waals surface area contributed by atoms with Crippen LogP contribution in [0.3, 0.4) is 0 Å². The van der Waals surface area contributed by atoms with Crippen LogP contribution < -0.4 is 0 Å². The van der Waals surface area contributed by atoms with Gasteiger partial charge in [0.15, 0.2) is 0 Å². The highest BCUT2D eigenvalue weighted by molar-refractivity contribution is 5.79. The number of hydrogen-bond acceptors (Lipinski definition) is 4. The minimum atomic E-state index is -0.745. The summed E-state index contributed by atoms with van der Waals surface area (Å²) in [6, 6.07) is 5.59. The standard InChI is InChI=1S/C15H19N3O2/c1-2-5-15(14(19)20)6-3-8-18(15)11-12-4-7-17-13(9-12)10-16/h4,7,9H,2-3,5-6,8,11H2,1H3,(H,19,20). The van der Waals surface area contributed by atoms with E-state index in [0.29, 0.717) is 25.1 Å². The normalized spacial score (nSPS) is 22.6. The molecule has 1 unspecified atom stereocenters. The van der Waals surface area contributed by atoms with E-state index in [-0.39, 0.29) is 0 Å². The molecule has 0 aliphatic carbocycles. The van der Waals surface area contributed by atoms with Crippen LogP contribution in [0.1, 0.15) is 43.9 Å². The van der Waals surface area contributed by atoms with Gasteiger partial charge in [-0.3, -0.25) is 9.69 Å². The number of carboxylic acid groups (broad SMARTS) is 1. The summed E-state index contributed by atoms with van der Waals surface area (Å²) in [5.41, 5.74) is 0.573. The number of aromatic nitrogens is 1. The van der Waals surface area contributed by atoms with Crippen molar-refractivity contribution in [2.24, 2.45) is 0 Å². The van der Waals surface area contributed by atoms with Crippen LogP contribution in [0.4, 0.5) is 0 Å². The van der Waals surface area contributed by atoms with Gasteiger partial charge < -0.3 is 5.11 Å². The summed E-state index contributed by atoms with van der Waals surface area (Å²) >= 11 is 0. The highest BCUT2D eigenvalue weighted by Crippen LogP contribution is 2.35. The van der Waals surface area contributed by atoms with Crippen molar-refractivity contribution in [1.29, 1.82) is 5.26 Å². The molecule has 20 heavy (non-hydrogen) atoms. The summed E-state index contributed by atoms with van der Waals surface area (Å²) < 4.78 is 0. The zero-order valence-electron chi connectivity index (χ0n) is 11.7. The number of nitriles is 1. The first-order valence-corrected chi connectivity index (χ1v) is 6.96. The molecule has 1 fully saturated rings. The lowest BCUT2D eigenvalue weighted by Gasteiger charge is -2.34. The Morgan fingerprint density at radius 1 is 1.65 bits per heavy atom. The summed E-state index contributed by atoms with van der Waals surface area (Å²) in [4.78, 5) is 17.7. The maximum Gasteiger partial charge on any atom is 0.324 e. The van der Waals surface area contributed by atoms with Gasteiger partial charge in [-0.05, 0) is 43.5 Å². The van der Waals surface area contributed by atoms with Crippen molar-refractivity contribution in [3.05, 3.63) is 29.6 Å². The van der Waals surface area contributed by atoms with E-state index in [0.717, 1.165) is 24.9 Å². The van der Waals surface area contributed by atoms with Gasteiger partial charge in [0.1, 0.15) is 17.3 Å². The van der Waals surface area contributed by atoms with Gasteiger partial charge in [-0.1, -0.05) is 13.3 Å². The summed E-state index contributed by atoms with van der Waals surface area (Å²) in [6.07, 6.45) is 4.72. The van der Waals surface area contributed by atoms with Crippen LogP contribution in [0.5, 0.6) is 0 Å². The third-order valence-corrected chi connectivity index (χ3v) is 4.00. The second-order valence-electron chi connectivity index (χ2n) is 5.27. The highest BCUT2D eigenvalue weighted by Gasteiger charge is 2.46. The van der Waals surface area contributed by atoms with Crippen molar-refractivity contribution < 1.29 is 9.90 Å². The molecule has 5 heteroatoms. The third kappa shape index (κ3) is 2.66. The fourth-order valence-corrected chi connectivity index (χ4v) is 3.06. The fourth-order valence-electron chi connectivity index (χ4n) is 3.06. The molecule has 1 aromatic heterocycles. The lowest BCUT2D eigenvalue weighted by molar-refractivity contribution is -0.150. The first-order valence-electron chi connectivity index (χ1n) is 6.96. The monoisotopic (exact) mass is 273 g/mol. The number of pyridine rings is 1. The zero-order chi connectivity index (χ0) is 14.6. The Bertz CT molecular complexity index is 538. The van der Waals surface area contributed by atoms with Crippen molar-refractivity contribution in [2.45, 2.75) is 44.7 Å². The Balaban J connectivity index is 2.22. The first-order chi connectivity index (χ1) is 9.62. The SMILES string of the molecule is CCCC1(C(=O)O)CCCN1Cc1ccnc(C#N)c1. The summed E-state index contributed by atoms with van der Waals surface area (Å²) in [5.74, 6) is -0.730. The van der Waals surface area contributed by atoms with Gasteiger partial charge in [-0.25, -0.2) is 4.98 Å². The number of rotatable bonds is 5. The second kappa shape index (κ2) is 6.02. The lowest BCUT2D eigenvalue weighted by Crippen LogP contribution is -2.49. The molecule has 2 rings (SSSR count). The average molecular weight is 273 g/mol.